The molecule has 0 bridgehead atoms. The van der Waals surface area contributed by atoms with Crippen LogP contribution < -0.4 is 9.62 Å². The molecule has 0 fully saturated rings. The Hall–Kier alpha value is -4.18. The van der Waals surface area contributed by atoms with Gasteiger partial charge in [0.1, 0.15) is 4.90 Å². The molecule has 0 aliphatic carbocycles. The molecule has 0 amide bonds. The predicted octanol–water partition coefficient (Wildman–Crippen LogP) is 3.32. The number of para-hydroxylation sites is 2. The Morgan fingerprint density at radius 2 is 1.88 bits per heavy atom. The van der Waals surface area contributed by atoms with E-state index in [1.807, 2.05) is 30.5 Å². The standard InChI is InChI=1S/C24H21N5O4S/c1-33-23(30)21(13-16-14-26-19-10-6-5-9-18(16)19)28-24-27-20-11-12-25-15-22(20)34(31,32)29(24)17-7-3-2-4-8-17/h2-12,14-15,21,26H,13H2,1H3,(H,27,28)/t21-/m0/s1. The van der Waals surface area contributed by atoms with Gasteiger partial charge in [-0.3, -0.25) is 4.98 Å². The molecule has 0 spiro atoms. The fraction of sp³-hybridized carbons (Fsp3) is 0.125. The van der Waals surface area contributed by atoms with Gasteiger partial charge < -0.3 is 15.0 Å². The number of hydrogen-bond acceptors (Lipinski definition) is 6. The number of methoxy groups -OCH3 is 1. The molecule has 2 aromatic carbocycles. The van der Waals surface area contributed by atoms with Crippen LogP contribution in [-0.2, 0) is 26.0 Å². The number of pyridine rings is 1. The maximum absolute atomic E-state index is 13.6. The number of carbonyl (C=O) groups excluding carboxylic acids is 1. The number of nitrogens with zero attached hydrogens (tertiary/aromatic N) is 3. The fourth-order valence-corrected chi connectivity index (χ4v) is 5.46. The highest BCUT2D eigenvalue weighted by atomic mass is 32.2. The van der Waals surface area contributed by atoms with Gasteiger partial charge in [-0.25, -0.2) is 22.5 Å². The average Bonchev–Trinajstić information content (AvgIpc) is 3.26. The summed E-state index contributed by atoms with van der Waals surface area (Å²) in [6.45, 7) is 0. The number of aromatic amines is 1. The van der Waals surface area contributed by atoms with E-state index in [1.54, 1.807) is 36.4 Å². The second kappa shape index (κ2) is 8.64. The van der Waals surface area contributed by atoms with Crippen LogP contribution in [-0.4, -0.2) is 43.5 Å². The van der Waals surface area contributed by atoms with Crippen LogP contribution in [0.3, 0.4) is 0 Å². The van der Waals surface area contributed by atoms with Crippen LogP contribution in [0.1, 0.15) is 5.56 Å². The average molecular weight is 476 g/mol. The van der Waals surface area contributed by atoms with Crippen molar-refractivity contribution in [2.45, 2.75) is 17.4 Å². The maximum Gasteiger partial charge on any atom is 0.331 e. The van der Waals surface area contributed by atoms with Crippen LogP contribution in [0.25, 0.3) is 10.9 Å². The van der Waals surface area contributed by atoms with Crippen molar-refractivity contribution in [1.29, 1.82) is 0 Å². The highest BCUT2D eigenvalue weighted by Crippen LogP contribution is 2.33. The highest BCUT2D eigenvalue weighted by Gasteiger charge is 2.38. The number of guanidine groups is 1. The van der Waals surface area contributed by atoms with Crippen molar-refractivity contribution in [3.63, 3.8) is 0 Å². The summed E-state index contributed by atoms with van der Waals surface area (Å²) in [5, 5.41) is 4.02. The van der Waals surface area contributed by atoms with E-state index in [0.29, 0.717) is 11.4 Å². The zero-order valence-corrected chi connectivity index (χ0v) is 19.0. The van der Waals surface area contributed by atoms with Crippen molar-refractivity contribution in [1.82, 2.24) is 9.97 Å². The molecule has 1 atom stereocenters. The van der Waals surface area contributed by atoms with Gasteiger partial charge in [0.05, 0.1) is 18.5 Å². The van der Waals surface area contributed by atoms with Crippen molar-refractivity contribution in [3.05, 3.63) is 84.8 Å². The summed E-state index contributed by atoms with van der Waals surface area (Å²) in [5.74, 6) is -0.578. The number of benzene rings is 2. The Kier molecular flexibility index (Phi) is 5.50. The van der Waals surface area contributed by atoms with Crippen LogP contribution in [0.4, 0.5) is 11.4 Å². The van der Waals surface area contributed by atoms with E-state index in [2.05, 4.69) is 20.3 Å². The molecule has 1 aliphatic heterocycles. The van der Waals surface area contributed by atoms with Crippen molar-refractivity contribution in [2.24, 2.45) is 4.99 Å². The zero-order chi connectivity index (χ0) is 23.7. The maximum atomic E-state index is 13.6. The molecule has 3 heterocycles. The molecule has 9 nitrogen and oxygen atoms in total. The van der Waals surface area contributed by atoms with Gasteiger partial charge in [0.15, 0.2) is 6.04 Å². The largest absolute Gasteiger partial charge is 0.467 e. The summed E-state index contributed by atoms with van der Waals surface area (Å²) in [7, 11) is -2.76. The molecule has 0 unspecified atom stereocenters. The molecule has 10 heteroatoms. The summed E-state index contributed by atoms with van der Waals surface area (Å²) in [6, 6.07) is 16.8. The first-order valence-electron chi connectivity index (χ1n) is 10.5. The molecule has 0 saturated carbocycles. The number of H-pyrrole nitrogens is 1. The third-order valence-electron chi connectivity index (χ3n) is 5.57. The Balaban J connectivity index is 1.63. The first-order chi connectivity index (χ1) is 16.5. The van der Waals surface area contributed by atoms with Gasteiger partial charge in [-0.15, -0.1) is 0 Å². The number of carbonyl (C=O) groups is 1. The Bertz CT molecular complexity index is 1500. The lowest BCUT2D eigenvalue weighted by Gasteiger charge is -2.32. The summed E-state index contributed by atoms with van der Waals surface area (Å²) in [5.41, 5.74) is 2.50. The smallest absolute Gasteiger partial charge is 0.331 e. The second-order valence-corrected chi connectivity index (χ2v) is 9.41. The van der Waals surface area contributed by atoms with E-state index in [4.69, 9.17) is 4.74 Å². The molecule has 34 heavy (non-hydrogen) atoms. The van der Waals surface area contributed by atoms with Gasteiger partial charge in [-0.05, 0) is 29.8 Å². The zero-order valence-electron chi connectivity index (χ0n) is 18.2. The van der Waals surface area contributed by atoms with Gasteiger partial charge in [-0.2, -0.15) is 0 Å². The number of esters is 1. The summed E-state index contributed by atoms with van der Waals surface area (Å²) in [6.07, 6.45) is 4.81. The fourth-order valence-electron chi connectivity index (χ4n) is 3.96. The minimum Gasteiger partial charge on any atom is -0.467 e. The number of aromatic nitrogens is 2. The number of sulfonamides is 1. The topological polar surface area (TPSA) is 117 Å². The third kappa shape index (κ3) is 3.77. The molecule has 172 valence electrons. The Morgan fingerprint density at radius 1 is 1.12 bits per heavy atom. The monoisotopic (exact) mass is 475 g/mol. The van der Waals surface area contributed by atoms with Gasteiger partial charge >= 0.3 is 5.97 Å². The molecule has 0 radical (unpaired) electrons. The molecule has 0 saturated heterocycles. The lowest BCUT2D eigenvalue weighted by molar-refractivity contribution is -0.142. The number of ether oxygens (including phenoxy) is 1. The number of nitrogens with one attached hydrogen (secondary N) is 2. The van der Waals surface area contributed by atoms with Crippen LogP contribution in [0.15, 0.2) is 89.1 Å². The van der Waals surface area contributed by atoms with E-state index in [1.165, 1.54) is 19.5 Å². The van der Waals surface area contributed by atoms with Gasteiger partial charge in [0, 0.05) is 35.9 Å². The number of aliphatic imine (C=N–C) groups is 1. The summed E-state index contributed by atoms with van der Waals surface area (Å²) < 4.78 is 33.2. The molecular weight excluding hydrogens is 454 g/mol. The first-order valence-corrected chi connectivity index (χ1v) is 11.9. The van der Waals surface area contributed by atoms with Gasteiger partial charge in [-0.1, -0.05) is 36.4 Å². The molecular formula is C24H21N5O4S. The van der Waals surface area contributed by atoms with E-state index in [9.17, 15) is 13.2 Å². The van der Waals surface area contributed by atoms with Crippen LogP contribution in [0, 0.1) is 0 Å². The van der Waals surface area contributed by atoms with Crippen LogP contribution in [0.5, 0.6) is 0 Å². The number of hydrogen-bond donors (Lipinski definition) is 2. The van der Waals surface area contributed by atoms with E-state index in [-0.39, 0.29) is 17.3 Å². The summed E-state index contributed by atoms with van der Waals surface area (Å²) in [4.78, 5) is 24.5. The molecule has 4 aromatic rings. The SMILES string of the molecule is COC(=O)[C@H](Cc1c[nH]c2ccccc12)N=C1Nc2ccncc2S(=O)(=O)N1c1ccccc1. The van der Waals surface area contributed by atoms with Crippen LogP contribution in [0.2, 0.25) is 0 Å². The van der Waals surface area contributed by atoms with Crippen molar-refractivity contribution < 1.29 is 17.9 Å². The minimum absolute atomic E-state index is 0.000131. The van der Waals surface area contributed by atoms with Crippen molar-refractivity contribution >= 4 is 44.2 Å². The molecule has 2 aromatic heterocycles. The highest BCUT2D eigenvalue weighted by molar-refractivity contribution is 7.94. The van der Waals surface area contributed by atoms with E-state index in [0.717, 1.165) is 20.8 Å². The number of anilines is 2. The molecule has 1 aliphatic rings. The van der Waals surface area contributed by atoms with Crippen molar-refractivity contribution in [3.8, 4) is 0 Å². The van der Waals surface area contributed by atoms with E-state index < -0.39 is 22.0 Å². The third-order valence-corrected chi connectivity index (χ3v) is 7.32. The normalized spacial score (nSPS) is 16.6. The van der Waals surface area contributed by atoms with Crippen molar-refractivity contribution in [2.75, 3.05) is 16.7 Å². The second-order valence-electron chi connectivity index (χ2n) is 7.66. The van der Waals surface area contributed by atoms with Gasteiger partial charge in [0.25, 0.3) is 10.0 Å². The lowest BCUT2D eigenvalue weighted by Crippen LogP contribution is -2.46. The number of fused-ring (bicyclic) bond motifs is 2. The predicted molar refractivity (Wildman–Crippen MR) is 129 cm³/mol. The quantitative estimate of drug-likeness (QED) is 0.428. The lowest BCUT2D eigenvalue weighted by atomic mass is 10.1. The Morgan fingerprint density at radius 3 is 2.68 bits per heavy atom. The molecule has 2 N–H and O–H groups in total. The number of rotatable bonds is 5. The van der Waals surface area contributed by atoms with E-state index >= 15 is 0 Å². The first kappa shape index (κ1) is 21.7. The minimum atomic E-state index is -4.04. The molecule has 5 rings (SSSR count). The van der Waals surface area contributed by atoms with Gasteiger partial charge in [0.2, 0.25) is 5.96 Å². The summed E-state index contributed by atoms with van der Waals surface area (Å²) >= 11 is 0. The Labute approximate surface area is 196 Å². The van der Waals surface area contributed by atoms with Crippen LogP contribution >= 0.6 is 0 Å².